The molecule has 22 heavy (non-hydrogen) atoms. The van der Waals surface area contributed by atoms with E-state index >= 15 is 0 Å². The summed E-state index contributed by atoms with van der Waals surface area (Å²) in [4.78, 5) is 12.9. The Kier molecular flexibility index (Phi) is 3.33. The van der Waals surface area contributed by atoms with Crippen LogP contribution >= 0.6 is 15.9 Å². The fraction of sp³-hybridized carbons (Fsp3) is 0.429. The molecule has 1 saturated carbocycles. The molecule has 1 aliphatic rings. The van der Waals surface area contributed by atoms with E-state index in [9.17, 15) is 0 Å². The predicted molar refractivity (Wildman–Crippen MR) is 86.7 cm³/mol. The molecule has 3 heterocycles. The predicted octanol–water partition coefficient (Wildman–Crippen LogP) is 2.86. The summed E-state index contributed by atoms with van der Waals surface area (Å²) in [6, 6.07) is 0.399. The molecule has 1 fully saturated rings. The summed E-state index contributed by atoms with van der Waals surface area (Å²) in [5.74, 6) is 1.06. The van der Waals surface area contributed by atoms with Gasteiger partial charge in [-0.1, -0.05) is 19.3 Å². The van der Waals surface area contributed by atoms with Crippen LogP contribution in [-0.4, -0.2) is 29.3 Å². The summed E-state index contributed by atoms with van der Waals surface area (Å²) in [7, 11) is 0. The Morgan fingerprint density at radius 1 is 1.18 bits per heavy atom. The second-order valence-electron chi connectivity index (χ2n) is 5.59. The molecule has 7 nitrogen and oxygen atoms in total. The number of hydrogen-bond acceptors (Lipinski definition) is 5. The number of nitrogen functional groups attached to an aromatic ring is 1. The Labute approximate surface area is 135 Å². The number of pyridine rings is 1. The molecule has 0 aromatic carbocycles. The smallest absolute Gasteiger partial charge is 0.235 e. The molecule has 0 atom stereocenters. The maximum atomic E-state index is 5.94. The highest BCUT2D eigenvalue weighted by Gasteiger charge is 2.25. The van der Waals surface area contributed by atoms with Gasteiger partial charge in [0.05, 0.1) is 16.2 Å². The molecule has 1 aliphatic carbocycles. The summed E-state index contributed by atoms with van der Waals surface area (Å²) in [6.07, 6.45) is 11.1. The minimum absolute atomic E-state index is 0.344. The minimum Gasteiger partial charge on any atom is -0.368 e. The van der Waals surface area contributed by atoms with Crippen molar-refractivity contribution in [2.24, 2.45) is 0 Å². The van der Waals surface area contributed by atoms with Gasteiger partial charge in [0.1, 0.15) is 11.8 Å². The van der Waals surface area contributed by atoms with Crippen molar-refractivity contribution in [2.45, 2.75) is 38.1 Å². The standard InChI is InChI=1S/C14H16BrN7/c15-10-6-17-7-11-12(10)21(9-4-2-1-3-5-9)14(20-11)22-13(16)18-8-19-22/h6-9H,1-5H2,(H2,16,18,19). The van der Waals surface area contributed by atoms with Crippen molar-refractivity contribution in [1.29, 1.82) is 0 Å². The van der Waals surface area contributed by atoms with Crippen LogP contribution in [-0.2, 0) is 0 Å². The van der Waals surface area contributed by atoms with E-state index in [-0.39, 0.29) is 0 Å². The van der Waals surface area contributed by atoms with E-state index in [0.717, 1.165) is 28.3 Å². The first-order valence-corrected chi connectivity index (χ1v) is 8.22. The molecule has 4 rings (SSSR count). The molecule has 114 valence electrons. The maximum absolute atomic E-state index is 5.94. The second-order valence-corrected chi connectivity index (χ2v) is 6.45. The average molecular weight is 362 g/mol. The minimum atomic E-state index is 0.344. The lowest BCUT2D eigenvalue weighted by Crippen LogP contribution is -2.18. The number of nitrogens with two attached hydrogens (primary N) is 1. The summed E-state index contributed by atoms with van der Waals surface area (Å²) < 4.78 is 4.78. The largest absolute Gasteiger partial charge is 0.368 e. The first-order chi connectivity index (χ1) is 10.8. The third-order valence-corrected chi connectivity index (χ3v) is 4.81. The van der Waals surface area contributed by atoms with E-state index in [1.807, 2.05) is 0 Å². The number of nitrogens with zero attached hydrogens (tertiary/aromatic N) is 6. The molecule has 8 heteroatoms. The molecule has 3 aromatic rings. The normalized spacial score (nSPS) is 16.4. The van der Waals surface area contributed by atoms with Crippen LogP contribution in [0.15, 0.2) is 23.2 Å². The number of rotatable bonds is 2. The number of aromatic nitrogens is 6. The van der Waals surface area contributed by atoms with Crippen molar-refractivity contribution in [3.8, 4) is 5.95 Å². The monoisotopic (exact) mass is 361 g/mol. The van der Waals surface area contributed by atoms with E-state index in [1.165, 1.54) is 25.6 Å². The van der Waals surface area contributed by atoms with Crippen molar-refractivity contribution in [2.75, 3.05) is 5.73 Å². The van der Waals surface area contributed by atoms with Crippen molar-refractivity contribution in [3.63, 3.8) is 0 Å². The van der Waals surface area contributed by atoms with Crippen LogP contribution in [0.4, 0.5) is 5.95 Å². The summed E-state index contributed by atoms with van der Waals surface area (Å²) >= 11 is 3.61. The van der Waals surface area contributed by atoms with Gasteiger partial charge in [-0.25, -0.2) is 4.98 Å². The Balaban J connectivity index is 1.99. The molecular weight excluding hydrogens is 346 g/mol. The van der Waals surface area contributed by atoms with Crippen LogP contribution in [0.5, 0.6) is 0 Å². The zero-order valence-electron chi connectivity index (χ0n) is 12.0. The van der Waals surface area contributed by atoms with Crippen LogP contribution in [0.25, 0.3) is 17.0 Å². The topological polar surface area (TPSA) is 87.4 Å². The fourth-order valence-corrected chi connectivity index (χ4v) is 3.75. The van der Waals surface area contributed by atoms with Crippen molar-refractivity contribution < 1.29 is 0 Å². The summed E-state index contributed by atoms with van der Waals surface area (Å²) in [5, 5.41) is 4.23. The highest BCUT2D eigenvalue weighted by Crippen LogP contribution is 2.35. The first kappa shape index (κ1) is 13.7. The molecule has 0 unspecified atom stereocenters. The van der Waals surface area contributed by atoms with Gasteiger partial charge in [-0.2, -0.15) is 14.8 Å². The number of imidazole rings is 1. The molecule has 2 N–H and O–H groups in total. The lowest BCUT2D eigenvalue weighted by Gasteiger charge is -2.25. The molecule has 0 radical (unpaired) electrons. The van der Waals surface area contributed by atoms with Crippen LogP contribution in [0.1, 0.15) is 38.1 Å². The van der Waals surface area contributed by atoms with Gasteiger partial charge < -0.3 is 10.3 Å². The molecule has 0 spiro atoms. The summed E-state index contributed by atoms with van der Waals surface area (Å²) in [6.45, 7) is 0. The molecule has 0 saturated heterocycles. The fourth-order valence-electron chi connectivity index (χ4n) is 3.24. The van der Waals surface area contributed by atoms with Gasteiger partial charge in [-0.15, -0.1) is 0 Å². The quantitative estimate of drug-likeness (QED) is 0.757. The first-order valence-electron chi connectivity index (χ1n) is 7.43. The van der Waals surface area contributed by atoms with Crippen LogP contribution in [0, 0.1) is 0 Å². The zero-order valence-corrected chi connectivity index (χ0v) is 13.6. The molecule has 0 aliphatic heterocycles. The van der Waals surface area contributed by atoms with Crippen molar-refractivity contribution >= 4 is 32.9 Å². The second kappa shape index (κ2) is 5.35. The number of anilines is 1. The van der Waals surface area contributed by atoms with E-state index in [1.54, 1.807) is 17.1 Å². The Bertz CT molecular complexity index is 816. The molecule has 0 bridgehead atoms. The van der Waals surface area contributed by atoms with Crippen LogP contribution < -0.4 is 5.73 Å². The van der Waals surface area contributed by atoms with Gasteiger partial charge in [0, 0.05) is 12.2 Å². The van der Waals surface area contributed by atoms with Crippen LogP contribution in [0.3, 0.4) is 0 Å². The van der Waals surface area contributed by atoms with Crippen molar-refractivity contribution in [3.05, 3.63) is 23.2 Å². The molecule has 0 amide bonds. The molecular formula is C14H16BrN7. The molecule has 3 aromatic heterocycles. The third-order valence-electron chi connectivity index (χ3n) is 4.23. The van der Waals surface area contributed by atoms with Crippen LogP contribution in [0.2, 0.25) is 0 Å². The van der Waals surface area contributed by atoms with Gasteiger partial charge in [0.15, 0.2) is 0 Å². The SMILES string of the molecule is Nc1ncnn1-c1nc2cncc(Br)c2n1C1CCCCC1. The highest BCUT2D eigenvalue weighted by molar-refractivity contribution is 9.10. The number of fused-ring (bicyclic) bond motifs is 1. The highest BCUT2D eigenvalue weighted by atomic mass is 79.9. The van der Waals surface area contributed by atoms with E-state index < -0.39 is 0 Å². The maximum Gasteiger partial charge on any atom is 0.235 e. The lowest BCUT2D eigenvalue weighted by atomic mass is 9.95. The van der Waals surface area contributed by atoms with Gasteiger partial charge in [0.2, 0.25) is 11.9 Å². The lowest BCUT2D eigenvalue weighted by molar-refractivity contribution is 0.356. The van der Waals surface area contributed by atoms with E-state index in [4.69, 9.17) is 10.7 Å². The Morgan fingerprint density at radius 3 is 2.73 bits per heavy atom. The van der Waals surface area contributed by atoms with E-state index in [2.05, 4.69) is 35.6 Å². The summed E-state index contributed by atoms with van der Waals surface area (Å²) in [5.41, 5.74) is 7.83. The zero-order chi connectivity index (χ0) is 15.1. The Morgan fingerprint density at radius 2 is 2.00 bits per heavy atom. The number of hydrogen-bond donors (Lipinski definition) is 1. The Hall–Kier alpha value is -1.96. The third kappa shape index (κ3) is 2.09. The van der Waals surface area contributed by atoms with Gasteiger partial charge in [-0.3, -0.25) is 4.98 Å². The van der Waals surface area contributed by atoms with Gasteiger partial charge in [-0.05, 0) is 28.8 Å². The average Bonchev–Trinajstić information content (AvgIpc) is 3.12. The van der Waals surface area contributed by atoms with E-state index in [0.29, 0.717) is 17.9 Å². The van der Waals surface area contributed by atoms with Gasteiger partial charge in [0.25, 0.3) is 0 Å². The van der Waals surface area contributed by atoms with Gasteiger partial charge >= 0.3 is 0 Å². The van der Waals surface area contributed by atoms with Crippen molar-refractivity contribution in [1.82, 2.24) is 29.3 Å². The number of halogens is 1.